The van der Waals surface area contributed by atoms with E-state index in [2.05, 4.69) is 10.5 Å². The van der Waals surface area contributed by atoms with Crippen molar-refractivity contribution in [3.8, 4) is 0 Å². The number of rotatable bonds is 3. The number of carbonyl (C=O) groups excluding carboxylic acids is 2. The molecular weight excluding hydrogens is 346 g/mol. The van der Waals surface area contributed by atoms with Gasteiger partial charge in [0.2, 0.25) is 15.9 Å². The van der Waals surface area contributed by atoms with Gasteiger partial charge in [0.1, 0.15) is 5.76 Å². The maximum Gasteiger partial charge on any atom is 0.256 e. The molecule has 8 nitrogen and oxygen atoms in total. The summed E-state index contributed by atoms with van der Waals surface area (Å²) in [6.45, 7) is 4.85. The van der Waals surface area contributed by atoms with Gasteiger partial charge in [0.25, 0.3) is 5.91 Å². The van der Waals surface area contributed by atoms with Crippen LogP contribution >= 0.6 is 0 Å². The molecule has 1 aromatic heterocycles. The largest absolute Gasteiger partial charge is 0.360 e. The Kier molecular flexibility index (Phi) is 3.91. The first-order valence-corrected chi connectivity index (χ1v) is 9.13. The van der Waals surface area contributed by atoms with Crippen LogP contribution in [-0.2, 0) is 14.8 Å². The molecule has 0 radical (unpaired) electrons. The third-order valence-corrected chi connectivity index (χ3v) is 5.82. The Bertz CT molecular complexity index is 962. The molecule has 1 aliphatic heterocycles. The lowest BCUT2D eigenvalue weighted by Gasteiger charge is -2.18. The average molecular weight is 363 g/mol. The summed E-state index contributed by atoms with van der Waals surface area (Å²) in [5.74, 6) is -0.484. The van der Waals surface area contributed by atoms with Crippen LogP contribution < -0.4 is 9.62 Å². The second kappa shape index (κ2) is 5.69. The SMILES string of the molecule is Cc1cc(NC(=O)c2cccc(N3C(=O)C(C)(C)CS3(=O)=O)c2)no1. The van der Waals surface area contributed by atoms with E-state index in [1.165, 1.54) is 24.3 Å². The molecule has 1 aromatic carbocycles. The maximum absolute atomic E-state index is 12.4. The number of sulfonamides is 1. The molecule has 0 bridgehead atoms. The second-order valence-electron chi connectivity index (χ2n) is 6.54. The van der Waals surface area contributed by atoms with Crippen molar-refractivity contribution in [3.63, 3.8) is 0 Å². The van der Waals surface area contributed by atoms with Crippen molar-refractivity contribution in [2.75, 3.05) is 15.4 Å². The highest BCUT2D eigenvalue weighted by molar-refractivity contribution is 7.94. The summed E-state index contributed by atoms with van der Waals surface area (Å²) in [5, 5.41) is 6.22. The van der Waals surface area contributed by atoms with Gasteiger partial charge in [0.15, 0.2) is 5.82 Å². The van der Waals surface area contributed by atoms with Crippen molar-refractivity contribution >= 4 is 33.3 Å². The molecule has 1 aliphatic rings. The van der Waals surface area contributed by atoms with Gasteiger partial charge < -0.3 is 9.84 Å². The van der Waals surface area contributed by atoms with Crippen LogP contribution in [-0.4, -0.2) is 31.1 Å². The topological polar surface area (TPSA) is 110 Å². The standard InChI is InChI=1S/C16H17N3O5S/c1-10-7-13(18-24-10)17-14(20)11-5-4-6-12(8-11)19-15(21)16(2,3)9-25(19,22)23/h4-8H,9H2,1-3H3,(H,17,18,20). The van der Waals surface area contributed by atoms with Gasteiger partial charge in [-0.1, -0.05) is 11.2 Å². The molecule has 0 unspecified atom stereocenters. The van der Waals surface area contributed by atoms with E-state index in [4.69, 9.17) is 4.52 Å². The van der Waals surface area contributed by atoms with Gasteiger partial charge >= 0.3 is 0 Å². The maximum atomic E-state index is 12.4. The predicted molar refractivity (Wildman–Crippen MR) is 90.7 cm³/mol. The molecule has 3 rings (SSSR count). The normalized spacial score (nSPS) is 18.4. The molecule has 25 heavy (non-hydrogen) atoms. The highest BCUT2D eigenvalue weighted by Crippen LogP contribution is 2.35. The highest BCUT2D eigenvalue weighted by atomic mass is 32.2. The van der Waals surface area contributed by atoms with Crippen molar-refractivity contribution in [1.29, 1.82) is 0 Å². The zero-order valence-electron chi connectivity index (χ0n) is 13.9. The Hall–Kier alpha value is -2.68. The molecule has 1 N–H and O–H groups in total. The van der Waals surface area contributed by atoms with Crippen molar-refractivity contribution in [2.24, 2.45) is 5.41 Å². The zero-order chi connectivity index (χ0) is 18.4. The van der Waals surface area contributed by atoms with Gasteiger partial charge in [-0.3, -0.25) is 9.59 Å². The summed E-state index contributed by atoms with van der Waals surface area (Å²) in [5.41, 5.74) is -0.666. The quantitative estimate of drug-likeness (QED) is 0.892. The molecule has 0 atom stereocenters. The Labute approximate surface area is 144 Å². The van der Waals surface area contributed by atoms with Crippen molar-refractivity contribution in [2.45, 2.75) is 20.8 Å². The Morgan fingerprint density at radius 3 is 2.60 bits per heavy atom. The van der Waals surface area contributed by atoms with Crippen LogP contribution in [0.5, 0.6) is 0 Å². The Morgan fingerprint density at radius 1 is 1.32 bits per heavy atom. The molecule has 0 aliphatic carbocycles. The molecule has 132 valence electrons. The number of nitrogens with zero attached hydrogens (tertiary/aromatic N) is 2. The molecule has 2 heterocycles. The van der Waals surface area contributed by atoms with Crippen molar-refractivity contribution in [1.82, 2.24) is 5.16 Å². The van der Waals surface area contributed by atoms with Gasteiger partial charge in [-0.05, 0) is 39.0 Å². The van der Waals surface area contributed by atoms with Gasteiger partial charge in [0.05, 0.1) is 16.9 Å². The monoisotopic (exact) mass is 363 g/mol. The second-order valence-corrected chi connectivity index (χ2v) is 8.35. The zero-order valence-corrected chi connectivity index (χ0v) is 14.8. The van der Waals surface area contributed by atoms with E-state index in [0.29, 0.717) is 5.76 Å². The smallest absolute Gasteiger partial charge is 0.256 e. The van der Waals surface area contributed by atoms with Crippen LogP contribution in [0.25, 0.3) is 0 Å². The fourth-order valence-electron chi connectivity index (χ4n) is 2.65. The van der Waals surface area contributed by atoms with Gasteiger partial charge in [0, 0.05) is 11.6 Å². The summed E-state index contributed by atoms with van der Waals surface area (Å²) in [6, 6.07) is 7.43. The number of carbonyl (C=O) groups is 2. The van der Waals surface area contributed by atoms with Crippen LogP contribution in [0.15, 0.2) is 34.9 Å². The molecule has 0 saturated carbocycles. The lowest BCUT2D eigenvalue weighted by atomic mass is 9.95. The number of aryl methyl sites for hydroxylation is 1. The molecule has 0 spiro atoms. The number of anilines is 2. The summed E-state index contributed by atoms with van der Waals surface area (Å²) in [7, 11) is -3.77. The summed E-state index contributed by atoms with van der Waals surface area (Å²) >= 11 is 0. The summed E-state index contributed by atoms with van der Waals surface area (Å²) in [4.78, 5) is 24.8. The van der Waals surface area contributed by atoms with Gasteiger partial charge in [-0.15, -0.1) is 0 Å². The fraction of sp³-hybridized carbons (Fsp3) is 0.312. The fourth-order valence-corrected chi connectivity index (χ4v) is 4.75. The average Bonchev–Trinajstić information content (AvgIpc) is 2.97. The number of amides is 2. The lowest BCUT2D eigenvalue weighted by Crippen LogP contribution is -2.33. The Morgan fingerprint density at radius 2 is 2.04 bits per heavy atom. The molecular formula is C16H17N3O5S. The number of hydrogen-bond donors (Lipinski definition) is 1. The third kappa shape index (κ3) is 3.14. The first-order valence-electron chi connectivity index (χ1n) is 7.52. The van der Waals surface area contributed by atoms with Gasteiger partial charge in [-0.2, -0.15) is 0 Å². The first-order chi connectivity index (χ1) is 11.6. The number of nitrogens with one attached hydrogen (secondary N) is 1. The predicted octanol–water partition coefficient (Wildman–Crippen LogP) is 1.94. The lowest BCUT2D eigenvalue weighted by molar-refractivity contribution is -0.123. The van der Waals surface area contributed by atoms with Crippen molar-refractivity contribution in [3.05, 3.63) is 41.7 Å². The number of aromatic nitrogens is 1. The van der Waals surface area contributed by atoms with Crippen LogP contribution in [0.4, 0.5) is 11.5 Å². The van der Waals surface area contributed by atoms with Crippen molar-refractivity contribution < 1.29 is 22.5 Å². The van der Waals surface area contributed by atoms with E-state index in [-0.39, 0.29) is 22.8 Å². The van der Waals surface area contributed by atoms with Crippen LogP contribution in [0, 0.1) is 12.3 Å². The van der Waals surface area contributed by atoms with E-state index in [1.807, 2.05) is 0 Å². The molecule has 9 heteroatoms. The van der Waals surface area contributed by atoms with Crippen LogP contribution in [0.2, 0.25) is 0 Å². The number of benzene rings is 1. The van der Waals surface area contributed by atoms with E-state index < -0.39 is 27.3 Å². The van der Waals surface area contributed by atoms with E-state index in [1.54, 1.807) is 26.8 Å². The minimum atomic E-state index is -3.77. The minimum Gasteiger partial charge on any atom is -0.360 e. The van der Waals surface area contributed by atoms with E-state index >= 15 is 0 Å². The highest BCUT2D eigenvalue weighted by Gasteiger charge is 2.49. The van der Waals surface area contributed by atoms with E-state index in [9.17, 15) is 18.0 Å². The molecule has 2 amide bonds. The summed E-state index contributed by atoms with van der Waals surface area (Å²) in [6.07, 6.45) is 0. The van der Waals surface area contributed by atoms with Gasteiger partial charge in [-0.25, -0.2) is 12.7 Å². The molecule has 1 saturated heterocycles. The molecule has 1 fully saturated rings. The van der Waals surface area contributed by atoms with Crippen LogP contribution in [0.1, 0.15) is 30.0 Å². The van der Waals surface area contributed by atoms with Crippen LogP contribution in [0.3, 0.4) is 0 Å². The number of hydrogen-bond acceptors (Lipinski definition) is 6. The molecule has 2 aromatic rings. The summed E-state index contributed by atoms with van der Waals surface area (Å²) < 4.78 is 30.3. The first kappa shape index (κ1) is 17.2. The minimum absolute atomic E-state index is 0.138. The Balaban J connectivity index is 1.92. The van der Waals surface area contributed by atoms with E-state index in [0.717, 1.165) is 4.31 Å². The third-order valence-electron chi connectivity index (χ3n) is 3.80.